The molecule has 0 amide bonds. The molecular weight excluding hydrogens is 324 g/mol. The molecule has 3 rings (SSSR count). The minimum Gasteiger partial charge on any atom is -0.387 e. The number of nitrogens with zero attached hydrogens (tertiary/aromatic N) is 4. The average molecular weight is 354 g/mol. The first-order chi connectivity index (χ1) is 12.5. The van der Waals surface area contributed by atoms with E-state index >= 15 is 0 Å². The molecule has 0 aliphatic carbocycles. The lowest BCUT2D eigenvalue weighted by Gasteiger charge is -2.35. The van der Waals surface area contributed by atoms with Crippen molar-refractivity contribution in [3.63, 3.8) is 0 Å². The highest BCUT2D eigenvalue weighted by Crippen LogP contribution is 2.23. The summed E-state index contributed by atoms with van der Waals surface area (Å²) in [6, 6.07) is 9.95. The smallest absolute Gasteiger partial charge is 0.150 e. The Morgan fingerprint density at radius 1 is 1.19 bits per heavy atom. The maximum atomic E-state index is 10.4. The molecule has 1 unspecified atom stereocenters. The Labute approximate surface area is 156 Å². The number of anilines is 1. The van der Waals surface area contributed by atoms with E-state index in [9.17, 15) is 5.11 Å². The Hall–Kier alpha value is -1.98. The van der Waals surface area contributed by atoms with Crippen LogP contribution in [0.1, 0.15) is 35.9 Å². The van der Waals surface area contributed by atoms with Crippen LogP contribution in [0.2, 0.25) is 0 Å². The zero-order valence-electron chi connectivity index (χ0n) is 16.1. The average Bonchev–Trinajstić information content (AvgIpc) is 2.66. The molecule has 0 saturated carbocycles. The van der Waals surface area contributed by atoms with Crippen molar-refractivity contribution < 1.29 is 5.11 Å². The number of β-amino-alcohol motifs (C(OH)–C–C–N with tert-alkyl or cyclic N) is 1. The number of aliphatic hydroxyl groups excluding tert-OH is 1. The molecule has 1 fully saturated rings. The number of aliphatic hydroxyl groups is 1. The Morgan fingerprint density at radius 3 is 2.58 bits per heavy atom. The number of aromatic nitrogens is 2. The van der Waals surface area contributed by atoms with E-state index in [1.54, 1.807) is 0 Å². The van der Waals surface area contributed by atoms with E-state index in [1.807, 2.05) is 50.4 Å². The second kappa shape index (κ2) is 8.60. The van der Waals surface area contributed by atoms with Crippen molar-refractivity contribution in [1.82, 2.24) is 14.9 Å². The van der Waals surface area contributed by atoms with E-state index in [0.29, 0.717) is 5.92 Å². The number of hydrogen-bond acceptors (Lipinski definition) is 5. The van der Waals surface area contributed by atoms with Gasteiger partial charge in [-0.2, -0.15) is 0 Å². The predicted octanol–water partition coefficient (Wildman–Crippen LogP) is 2.98. The first kappa shape index (κ1) is 18.8. The molecule has 5 heteroatoms. The minimum atomic E-state index is -0.402. The second-order valence-corrected chi connectivity index (χ2v) is 7.47. The first-order valence-corrected chi connectivity index (χ1v) is 9.49. The Kier molecular flexibility index (Phi) is 6.22. The van der Waals surface area contributed by atoms with Crippen LogP contribution in [0.3, 0.4) is 0 Å². The molecule has 1 aliphatic heterocycles. The number of likely N-dealkylation sites (tertiary alicyclic amines) is 1. The summed E-state index contributed by atoms with van der Waals surface area (Å²) in [5.74, 6) is 1.65. The van der Waals surface area contributed by atoms with Crippen LogP contribution < -0.4 is 4.90 Å². The predicted molar refractivity (Wildman–Crippen MR) is 105 cm³/mol. The van der Waals surface area contributed by atoms with E-state index in [0.717, 1.165) is 61.8 Å². The SMILES string of the molecule is Cc1cnc(C)c(N(C)CC2CCN(CC(O)c3ccccc3)CC2)n1. The summed E-state index contributed by atoms with van der Waals surface area (Å²) in [6.45, 7) is 7.82. The van der Waals surface area contributed by atoms with Crippen molar-refractivity contribution in [2.75, 3.05) is 38.1 Å². The van der Waals surface area contributed by atoms with Gasteiger partial charge in [0.1, 0.15) is 5.82 Å². The van der Waals surface area contributed by atoms with Gasteiger partial charge in [-0.1, -0.05) is 30.3 Å². The monoisotopic (exact) mass is 354 g/mol. The normalized spacial score (nSPS) is 17.2. The van der Waals surface area contributed by atoms with Gasteiger partial charge >= 0.3 is 0 Å². The summed E-state index contributed by atoms with van der Waals surface area (Å²) in [5, 5.41) is 10.4. The van der Waals surface area contributed by atoms with Crippen LogP contribution in [0.15, 0.2) is 36.5 Å². The van der Waals surface area contributed by atoms with Crippen LogP contribution in [0.25, 0.3) is 0 Å². The first-order valence-electron chi connectivity index (χ1n) is 9.49. The molecule has 0 spiro atoms. The van der Waals surface area contributed by atoms with Crippen molar-refractivity contribution in [3.8, 4) is 0 Å². The third-order valence-electron chi connectivity index (χ3n) is 5.27. The third-order valence-corrected chi connectivity index (χ3v) is 5.27. The molecule has 1 aliphatic rings. The van der Waals surface area contributed by atoms with E-state index in [2.05, 4.69) is 26.8 Å². The van der Waals surface area contributed by atoms with Crippen LogP contribution in [-0.2, 0) is 0 Å². The van der Waals surface area contributed by atoms with Crippen LogP contribution >= 0.6 is 0 Å². The van der Waals surface area contributed by atoms with Gasteiger partial charge in [0, 0.05) is 26.3 Å². The molecule has 1 aromatic heterocycles. The van der Waals surface area contributed by atoms with Crippen LogP contribution in [-0.4, -0.2) is 53.2 Å². The van der Waals surface area contributed by atoms with E-state index in [-0.39, 0.29) is 0 Å². The fraction of sp³-hybridized carbons (Fsp3) is 0.524. The maximum absolute atomic E-state index is 10.4. The van der Waals surface area contributed by atoms with E-state index in [4.69, 9.17) is 0 Å². The summed E-state index contributed by atoms with van der Waals surface area (Å²) >= 11 is 0. The van der Waals surface area contributed by atoms with Gasteiger partial charge in [-0.25, -0.2) is 4.98 Å². The summed E-state index contributed by atoms with van der Waals surface area (Å²) in [5.41, 5.74) is 2.95. The molecule has 1 aromatic carbocycles. The van der Waals surface area contributed by atoms with Gasteiger partial charge in [0.05, 0.1) is 17.5 Å². The van der Waals surface area contributed by atoms with Crippen molar-refractivity contribution in [3.05, 3.63) is 53.5 Å². The molecule has 140 valence electrons. The molecule has 5 nitrogen and oxygen atoms in total. The van der Waals surface area contributed by atoms with Gasteiger partial charge in [0.25, 0.3) is 0 Å². The standard InChI is InChI=1S/C21H30N4O/c1-16-13-22-17(2)21(23-16)24(3)14-18-9-11-25(12-10-18)15-20(26)19-7-5-4-6-8-19/h4-8,13,18,20,26H,9-12,14-15H2,1-3H3. The topological polar surface area (TPSA) is 52.5 Å². The number of rotatable bonds is 6. The number of benzene rings is 1. The fourth-order valence-electron chi connectivity index (χ4n) is 3.74. The molecule has 1 saturated heterocycles. The molecule has 26 heavy (non-hydrogen) atoms. The van der Waals surface area contributed by atoms with Crippen LogP contribution in [0.5, 0.6) is 0 Å². The van der Waals surface area contributed by atoms with Crippen LogP contribution in [0.4, 0.5) is 5.82 Å². The molecule has 1 N–H and O–H groups in total. The Morgan fingerprint density at radius 2 is 1.88 bits per heavy atom. The highest BCUT2D eigenvalue weighted by molar-refractivity contribution is 5.42. The highest BCUT2D eigenvalue weighted by atomic mass is 16.3. The zero-order chi connectivity index (χ0) is 18.5. The molecule has 2 aromatic rings. The third kappa shape index (κ3) is 4.80. The zero-order valence-corrected chi connectivity index (χ0v) is 16.1. The van der Waals surface area contributed by atoms with Crippen molar-refractivity contribution >= 4 is 5.82 Å². The van der Waals surface area contributed by atoms with Gasteiger partial charge in [-0.15, -0.1) is 0 Å². The highest BCUT2D eigenvalue weighted by Gasteiger charge is 2.23. The van der Waals surface area contributed by atoms with Crippen LogP contribution in [0, 0.1) is 19.8 Å². The number of piperidine rings is 1. The molecule has 0 radical (unpaired) electrons. The Balaban J connectivity index is 1.48. The lowest BCUT2D eigenvalue weighted by molar-refractivity contribution is 0.0902. The molecule has 1 atom stereocenters. The van der Waals surface area contributed by atoms with Crippen molar-refractivity contribution in [2.45, 2.75) is 32.8 Å². The number of aryl methyl sites for hydroxylation is 2. The van der Waals surface area contributed by atoms with Gasteiger partial charge in [0.2, 0.25) is 0 Å². The largest absolute Gasteiger partial charge is 0.387 e. The van der Waals surface area contributed by atoms with E-state index in [1.165, 1.54) is 0 Å². The van der Waals surface area contributed by atoms with Crippen molar-refractivity contribution in [1.29, 1.82) is 0 Å². The second-order valence-electron chi connectivity index (χ2n) is 7.47. The summed E-state index contributed by atoms with van der Waals surface area (Å²) in [6.07, 6.45) is 3.73. The summed E-state index contributed by atoms with van der Waals surface area (Å²) < 4.78 is 0. The summed E-state index contributed by atoms with van der Waals surface area (Å²) in [4.78, 5) is 13.7. The lowest BCUT2D eigenvalue weighted by Crippen LogP contribution is -2.40. The molecule has 0 bridgehead atoms. The van der Waals surface area contributed by atoms with Gasteiger partial charge in [0.15, 0.2) is 0 Å². The minimum absolute atomic E-state index is 0.402. The molecule has 2 heterocycles. The van der Waals surface area contributed by atoms with Gasteiger partial charge in [-0.3, -0.25) is 4.98 Å². The van der Waals surface area contributed by atoms with Gasteiger partial charge in [-0.05, 0) is 51.3 Å². The lowest BCUT2D eigenvalue weighted by atomic mass is 9.95. The Bertz CT molecular complexity index is 698. The molecular formula is C21H30N4O. The quantitative estimate of drug-likeness (QED) is 0.864. The number of hydrogen-bond donors (Lipinski definition) is 1. The summed E-state index contributed by atoms with van der Waals surface area (Å²) in [7, 11) is 2.11. The van der Waals surface area contributed by atoms with E-state index < -0.39 is 6.10 Å². The van der Waals surface area contributed by atoms with Crippen molar-refractivity contribution in [2.24, 2.45) is 5.92 Å². The van der Waals surface area contributed by atoms with Gasteiger partial charge < -0.3 is 14.9 Å². The maximum Gasteiger partial charge on any atom is 0.150 e. The fourth-order valence-corrected chi connectivity index (χ4v) is 3.74.